The normalized spacial score (nSPS) is 19.4. The molecule has 3 saturated heterocycles. The Morgan fingerprint density at radius 2 is 1.74 bits per heavy atom. The first-order valence-corrected chi connectivity index (χ1v) is 21.3. The maximum atomic E-state index is 15.0. The molecule has 2 aromatic carbocycles. The molecule has 3 aromatic rings. The number of hydrogen-bond donors (Lipinski definition) is 4. The number of rotatable bonds is 17. The number of amides is 5. The van der Waals surface area contributed by atoms with Crippen molar-refractivity contribution < 1.29 is 37.8 Å². The van der Waals surface area contributed by atoms with Gasteiger partial charge >= 0.3 is 0 Å². The highest BCUT2D eigenvalue weighted by Crippen LogP contribution is 2.33. The number of benzene rings is 2. The summed E-state index contributed by atoms with van der Waals surface area (Å²) in [5, 5.41) is 8.87. The largest absolute Gasteiger partial charge is 0.493 e. The molecule has 0 radical (unpaired) electrons. The summed E-state index contributed by atoms with van der Waals surface area (Å²) >= 11 is 1.73. The number of unbranched alkanes of at least 4 members (excludes halogenated alkanes) is 3. The van der Waals surface area contributed by atoms with Gasteiger partial charge in [0.2, 0.25) is 17.7 Å². The Labute approximate surface area is 339 Å². The fourth-order valence-corrected chi connectivity index (χ4v) is 9.00. The van der Waals surface area contributed by atoms with Gasteiger partial charge in [-0.05, 0) is 76.1 Å². The molecule has 0 unspecified atom stereocenters. The molecule has 4 aliphatic heterocycles. The summed E-state index contributed by atoms with van der Waals surface area (Å²) in [4.78, 5) is 86.0. The number of ether oxygens (including phenoxy) is 2. The van der Waals surface area contributed by atoms with Crippen LogP contribution in [0.5, 0.6) is 5.75 Å². The minimum atomic E-state index is -1.01. The Bertz CT molecular complexity index is 2080. The summed E-state index contributed by atoms with van der Waals surface area (Å²) in [5.74, 6) is -1.14. The molecule has 0 aliphatic carbocycles. The van der Waals surface area contributed by atoms with E-state index in [-0.39, 0.29) is 46.7 Å². The number of fused-ring (bicyclic) bond motifs is 2. The molecule has 3 fully saturated rings. The van der Waals surface area contributed by atoms with Crippen LogP contribution >= 0.6 is 11.8 Å². The highest BCUT2D eigenvalue weighted by molar-refractivity contribution is 7.99. The monoisotopic (exact) mass is 819 g/mol. The Hall–Kier alpha value is -4.87. The molecule has 310 valence electrons. The van der Waals surface area contributed by atoms with Crippen LogP contribution in [0.4, 0.5) is 10.1 Å². The predicted molar refractivity (Wildman–Crippen MR) is 215 cm³/mol. The predicted octanol–water partition coefficient (Wildman–Crippen LogP) is 3.76. The average molecular weight is 820 g/mol. The Balaban J connectivity index is 0.762. The van der Waals surface area contributed by atoms with Crippen molar-refractivity contribution in [3.63, 3.8) is 0 Å². The zero-order valence-electron chi connectivity index (χ0n) is 32.4. The number of carbonyl (C=O) groups excluding carboxylic acids is 5. The van der Waals surface area contributed by atoms with Gasteiger partial charge < -0.3 is 25.1 Å². The average Bonchev–Trinajstić information content (AvgIpc) is 3.47. The lowest BCUT2D eigenvalue weighted by Crippen LogP contribution is -2.54. The molecule has 58 heavy (non-hydrogen) atoms. The summed E-state index contributed by atoms with van der Waals surface area (Å²) < 4.78 is 26.4. The summed E-state index contributed by atoms with van der Waals surface area (Å²) in [6.45, 7) is 4.88. The zero-order chi connectivity index (χ0) is 40.6. The minimum Gasteiger partial charge on any atom is -0.493 e. The summed E-state index contributed by atoms with van der Waals surface area (Å²) in [7, 11) is 0. The zero-order valence-corrected chi connectivity index (χ0v) is 33.3. The van der Waals surface area contributed by atoms with E-state index in [4.69, 9.17) is 9.47 Å². The van der Waals surface area contributed by atoms with Gasteiger partial charge in [0.05, 0.1) is 35.5 Å². The van der Waals surface area contributed by atoms with Gasteiger partial charge in [-0.25, -0.2) is 9.37 Å². The van der Waals surface area contributed by atoms with E-state index >= 15 is 0 Å². The second-order valence-corrected chi connectivity index (χ2v) is 16.6. The van der Waals surface area contributed by atoms with E-state index in [1.165, 1.54) is 6.07 Å². The third-order valence-corrected chi connectivity index (χ3v) is 12.6. The molecule has 7 rings (SSSR count). The third kappa shape index (κ3) is 10.0. The van der Waals surface area contributed by atoms with Crippen molar-refractivity contribution in [1.29, 1.82) is 0 Å². The standard InChI is InChI=1S/C41H50FN7O8S/c42-29-20-26(21-31-37(29)39(53)46-33(45-31)24-58-27-12-18-56-19-13-27)57-23-25-10-16-48(17-11-25)22-35(51)44-15-4-2-1-3-14-43-30-7-5-6-28-36(30)41(55)49(40(28)54)32-8-9-34(50)47-38(32)52/h5-7,20-21,25,27,32,43H,1-4,8-19,22-24H2,(H,44,51)(H,45,46,53)(H,47,50,52)/t32-/m0/s1. The number of carbonyl (C=O) groups is 5. The lowest BCUT2D eigenvalue weighted by molar-refractivity contribution is -0.136. The topological polar surface area (TPSA) is 192 Å². The second-order valence-electron chi connectivity index (χ2n) is 15.3. The number of nitrogens with zero attached hydrogens (tertiary/aromatic N) is 3. The second kappa shape index (κ2) is 19.3. The van der Waals surface area contributed by atoms with Gasteiger partial charge in [0.25, 0.3) is 17.4 Å². The van der Waals surface area contributed by atoms with E-state index < -0.39 is 41.0 Å². The lowest BCUT2D eigenvalue weighted by Gasteiger charge is -2.31. The molecular formula is C41H50FN7O8S. The number of thioether (sulfide) groups is 1. The van der Waals surface area contributed by atoms with Crippen LogP contribution in [0.3, 0.4) is 0 Å². The fourth-order valence-electron chi connectivity index (χ4n) is 7.94. The molecule has 1 atom stereocenters. The number of piperidine rings is 2. The van der Waals surface area contributed by atoms with Crippen LogP contribution in [0.1, 0.15) is 90.7 Å². The highest BCUT2D eigenvalue weighted by atomic mass is 32.2. The fraction of sp³-hybridized carbons (Fsp3) is 0.537. The first-order chi connectivity index (χ1) is 28.1. The number of nitrogens with one attached hydrogen (secondary N) is 4. The highest BCUT2D eigenvalue weighted by Gasteiger charge is 2.45. The van der Waals surface area contributed by atoms with E-state index in [0.29, 0.717) is 54.5 Å². The number of likely N-dealkylation sites (tertiary alicyclic amines) is 1. The van der Waals surface area contributed by atoms with Crippen molar-refractivity contribution in [2.24, 2.45) is 5.92 Å². The first-order valence-electron chi connectivity index (χ1n) is 20.3. The Morgan fingerprint density at radius 3 is 2.52 bits per heavy atom. The van der Waals surface area contributed by atoms with Crippen LogP contribution in [0, 0.1) is 11.7 Å². The molecule has 0 saturated carbocycles. The smallest absolute Gasteiger partial charge is 0.264 e. The van der Waals surface area contributed by atoms with Gasteiger partial charge in [-0.2, -0.15) is 11.8 Å². The van der Waals surface area contributed by atoms with Crippen molar-refractivity contribution >= 4 is 57.9 Å². The third-order valence-electron chi connectivity index (χ3n) is 11.2. The van der Waals surface area contributed by atoms with Crippen molar-refractivity contribution in [2.45, 2.75) is 81.3 Å². The van der Waals surface area contributed by atoms with Crippen LogP contribution in [0.2, 0.25) is 0 Å². The first kappa shape index (κ1) is 41.3. The van der Waals surface area contributed by atoms with Crippen molar-refractivity contribution in [2.75, 3.05) is 57.9 Å². The summed E-state index contributed by atoms with van der Waals surface area (Å²) in [6, 6.07) is 6.89. The SMILES string of the molecule is O=C(CN1CCC(COc2cc(F)c3c(=O)[nH]c(CSC4CCOCC4)nc3c2)CC1)NCCCCCCNc1cccc2c1C(=O)N([C@H]1CCC(=O)NC1=O)C2=O. The minimum absolute atomic E-state index is 0.0143. The van der Waals surface area contributed by atoms with Crippen LogP contribution in [0.15, 0.2) is 35.1 Å². The number of imide groups is 2. The van der Waals surface area contributed by atoms with Gasteiger partial charge in [-0.1, -0.05) is 18.9 Å². The maximum absolute atomic E-state index is 15.0. The molecule has 5 heterocycles. The molecular weight excluding hydrogens is 770 g/mol. The number of anilines is 1. The lowest BCUT2D eigenvalue weighted by atomic mass is 9.98. The van der Waals surface area contributed by atoms with Crippen LogP contribution < -0.4 is 26.2 Å². The molecule has 1 aromatic heterocycles. The van der Waals surface area contributed by atoms with Gasteiger partial charge in [-0.15, -0.1) is 0 Å². The maximum Gasteiger partial charge on any atom is 0.264 e. The van der Waals surface area contributed by atoms with Crippen LogP contribution in [0.25, 0.3) is 10.9 Å². The number of halogens is 1. The summed E-state index contributed by atoms with van der Waals surface area (Å²) in [5.41, 5.74) is 0.820. The van der Waals surface area contributed by atoms with E-state index in [0.717, 1.165) is 82.6 Å². The molecule has 0 bridgehead atoms. The number of aromatic amines is 1. The number of hydrogen-bond acceptors (Lipinski definition) is 12. The van der Waals surface area contributed by atoms with E-state index in [1.54, 1.807) is 36.0 Å². The molecule has 17 heteroatoms. The van der Waals surface area contributed by atoms with E-state index in [9.17, 15) is 33.2 Å². The van der Waals surface area contributed by atoms with E-state index in [1.807, 2.05) is 0 Å². The van der Waals surface area contributed by atoms with Gasteiger partial charge in [0, 0.05) is 55.8 Å². The van der Waals surface area contributed by atoms with Gasteiger partial charge in [0.1, 0.15) is 28.8 Å². The molecule has 4 aliphatic rings. The van der Waals surface area contributed by atoms with E-state index in [2.05, 4.69) is 30.8 Å². The van der Waals surface area contributed by atoms with Crippen LogP contribution in [-0.4, -0.2) is 113 Å². The quantitative estimate of drug-likeness (QED) is 0.114. The molecule has 15 nitrogen and oxygen atoms in total. The number of H-pyrrole nitrogens is 1. The van der Waals surface area contributed by atoms with Crippen molar-refractivity contribution in [3.8, 4) is 5.75 Å². The Morgan fingerprint density at radius 1 is 0.966 bits per heavy atom. The van der Waals surface area contributed by atoms with Crippen LogP contribution in [-0.2, 0) is 24.9 Å². The van der Waals surface area contributed by atoms with Gasteiger partial charge in [-0.3, -0.25) is 43.9 Å². The Kier molecular flexibility index (Phi) is 13.7. The molecule has 5 amide bonds. The van der Waals surface area contributed by atoms with Crippen molar-refractivity contribution in [3.05, 3.63) is 63.5 Å². The van der Waals surface area contributed by atoms with Crippen molar-refractivity contribution in [1.82, 2.24) is 30.4 Å². The molecule has 0 spiro atoms. The summed E-state index contributed by atoms with van der Waals surface area (Å²) in [6.07, 6.45) is 7.24. The number of aromatic nitrogens is 2. The molecule has 4 N–H and O–H groups in total. The van der Waals surface area contributed by atoms with Gasteiger partial charge in [0.15, 0.2) is 0 Å².